The van der Waals surface area contributed by atoms with Crippen LogP contribution in [0.25, 0.3) is 11.3 Å². The lowest BCUT2D eigenvalue weighted by Gasteiger charge is -2.07. The van der Waals surface area contributed by atoms with E-state index in [0.29, 0.717) is 29.2 Å². The van der Waals surface area contributed by atoms with Crippen LogP contribution >= 0.6 is 0 Å². The third-order valence-electron chi connectivity index (χ3n) is 2.92. The average Bonchev–Trinajstić information content (AvgIpc) is 2.90. The summed E-state index contributed by atoms with van der Waals surface area (Å²) in [4.78, 5) is 11.4. The van der Waals surface area contributed by atoms with Gasteiger partial charge in [0.25, 0.3) is 0 Å². The molecule has 0 saturated carbocycles. The molecule has 1 N–H and O–H groups in total. The molecule has 1 heterocycles. The van der Waals surface area contributed by atoms with Crippen LogP contribution in [0.3, 0.4) is 0 Å². The summed E-state index contributed by atoms with van der Waals surface area (Å²) >= 11 is 0. The molecule has 0 aliphatic rings. The Bertz CT molecular complexity index is 610. The van der Waals surface area contributed by atoms with Crippen LogP contribution in [-0.2, 0) is 6.42 Å². The van der Waals surface area contributed by atoms with Gasteiger partial charge in [-0.1, -0.05) is 12.1 Å². The normalized spacial score (nSPS) is 10.3. The van der Waals surface area contributed by atoms with Crippen LogP contribution in [0.5, 0.6) is 11.5 Å². The number of aromatic carboxylic acids is 1. The van der Waals surface area contributed by atoms with Crippen LogP contribution in [0.15, 0.2) is 22.7 Å². The molecule has 2 aromatic rings. The van der Waals surface area contributed by atoms with Crippen LogP contribution in [0.2, 0.25) is 0 Å². The highest BCUT2D eigenvalue weighted by atomic mass is 16.5. The molecule has 0 aliphatic carbocycles. The zero-order chi connectivity index (χ0) is 14.7. The number of aryl methyl sites for hydroxylation is 1. The third kappa shape index (κ3) is 2.45. The number of carboxylic acids is 1. The van der Waals surface area contributed by atoms with Crippen molar-refractivity contribution in [1.82, 2.24) is 5.16 Å². The van der Waals surface area contributed by atoms with Crippen molar-refractivity contribution in [2.45, 2.75) is 13.3 Å². The Morgan fingerprint density at radius 3 is 2.30 bits per heavy atom. The number of rotatable bonds is 5. The Morgan fingerprint density at radius 2 is 1.85 bits per heavy atom. The van der Waals surface area contributed by atoms with Crippen molar-refractivity contribution in [2.75, 3.05) is 14.2 Å². The van der Waals surface area contributed by atoms with E-state index in [1.807, 2.05) is 6.92 Å². The number of hydrogen-bond acceptors (Lipinski definition) is 5. The minimum Gasteiger partial charge on any atom is -0.497 e. The number of hydrogen-bond donors (Lipinski definition) is 1. The third-order valence-corrected chi connectivity index (χ3v) is 2.92. The molecule has 0 fully saturated rings. The SMILES string of the molecule is CCc1onc(-c2cc(OC)cc(OC)c2)c1C(=O)O. The molecule has 0 bridgehead atoms. The predicted octanol–water partition coefficient (Wildman–Crippen LogP) is 2.62. The number of carbonyl (C=O) groups is 1. The summed E-state index contributed by atoms with van der Waals surface area (Å²) in [6, 6.07) is 5.07. The van der Waals surface area contributed by atoms with Gasteiger partial charge < -0.3 is 19.1 Å². The van der Waals surface area contributed by atoms with Crippen LogP contribution in [0.4, 0.5) is 0 Å². The summed E-state index contributed by atoms with van der Waals surface area (Å²) < 4.78 is 15.4. The molecule has 0 aliphatic heterocycles. The van der Waals surface area contributed by atoms with Crippen molar-refractivity contribution in [3.63, 3.8) is 0 Å². The van der Waals surface area contributed by atoms with E-state index in [2.05, 4.69) is 5.16 Å². The van der Waals surface area contributed by atoms with Gasteiger partial charge in [-0.2, -0.15) is 0 Å². The van der Waals surface area contributed by atoms with E-state index in [4.69, 9.17) is 14.0 Å². The Kier molecular flexibility index (Phi) is 3.93. The number of aromatic nitrogens is 1. The second-order valence-corrected chi connectivity index (χ2v) is 4.09. The fourth-order valence-corrected chi connectivity index (χ4v) is 1.93. The predicted molar refractivity (Wildman–Crippen MR) is 71.4 cm³/mol. The molecule has 0 spiro atoms. The van der Waals surface area contributed by atoms with Gasteiger partial charge in [0.15, 0.2) is 5.76 Å². The fourth-order valence-electron chi connectivity index (χ4n) is 1.93. The number of benzene rings is 1. The lowest BCUT2D eigenvalue weighted by Crippen LogP contribution is -2.01. The largest absolute Gasteiger partial charge is 0.497 e. The standard InChI is InChI=1S/C14H15NO5/c1-4-11-12(14(16)17)13(15-20-11)8-5-9(18-2)7-10(6-8)19-3/h5-7H,4H2,1-3H3,(H,16,17). The van der Waals surface area contributed by atoms with Gasteiger partial charge in [0.1, 0.15) is 22.8 Å². The monoisotopic (exact) mass is 277 g/mol. The van der Waals surface area contributed by atoms with Crippen LogP contribution in [0, 0.1) is 0 Å². The summed E-state index contributed by atoms with van der Waals surface area (Å²) in [7, 11) is 3.05. The van der Waals surface area contributed by atoms with Crippen molar-refractivity contribution in [3.8, 4) is 22.8 Å². The second kappa shape index (κ2) is 5.64. The molecule has 0 radical (unpaired) electrons. The van der Waals surface area contributed by atoms with E-state index in [-0.39, 0.29) is 11.3 Å². The van der Waals surface area contributed by atoms with Gasteiger partial charge in [-0.05, 0) is 12.1 Å². The topological polar surface area (TPSA) is 81.8 Å². The van der Waals surface area contributed by atoms with Gasteiger partial charge in [-0.25, -0.2) is 4.79 Å². The Morgan fingerprint density at radius 1 is 1.25 bits per heavy atom. The van der Waals surface area contributed by atoms with Gasteiger partial charge in [0.05, 0.1) is 14.2 Å². The molecule has 106 valence electrons. The first-order valence-electron chi connectivity index (χ1n) is 6.06. The molecule has 1 aromatic carbocycles. The van der Waals surface area contributed by atoms with Crippen molar-refractivity contribution in [1.29, 1.82) is 0 Å². The highest BCUT2D eigenvalue weighted by molar-refractivity contribution is 5.96. The van der Waals surface area contributed by atoms with Crippen molar-refractivity contribution in [3.05, 3.63) is 29.5 Å². The van der Waals surface area contributed by atoms with Gasteiger partial charge in [0.2, 0.25) is 0 Å². The first-order valence-corrected chi connectivity index (χ1v) is 6.06. The van der Waals surface area contributed by atoms with Crippen LogP contribution < -0.4 is 9.47 Å². The van der Waals surface area contributed by atoms with Crippen molar-refractivity contribution in [2.24, 2.45) is 0 Å². The summed E-state index contributed by atoms with van der Waals surface area (Å²) in [6.07, 6.45) is 0.454. The van der Waals surface area contributed by atoms with Crippen LogP contribution in [0.1, 0.15) is 23.0 Å². The maximum atomic E-state index is 11.4. The molecule has 6 nitrogen and oxygen atoms in total. The van der Waals surface area contributed by atoms with E-state index in [1.54, 1.807) is 18.2 Å². The average molecular weight is 277 g/mol. The molecule has 0 amide bonds. The van der Waals surface area contributed by atoms with Crippen molar-refractivity contribution < 1.29 is 23.9 Å². The second-order valence-electron chi connectivity index (χ2n) is 4.09. The molecule has 0 atom stereocenters. The van der Waals surface area contributed by atoms with E-state index >= 15 is 0 Å². The summed E-state index contributed by atoms with van der Waals surface area (Å²) in [5.41, 5.74) is 0.913. The summed E-state index contributed by atoms with van der Waals surface area (Å²) in [6.45, 7) is 1.81. The Labute approximate surface area is 115 Å². The lowest BCUT2D eigenvalue weighted by molar-refractivity contribution is 0.0695. The molecule has 2 rings (SSSR count). The molecular weight excluding hydrogens is 262 g/mol. The van der Waals surface area contributed by atoms with Crippen molar-refractivity contribution >= 4 is 5.97 Å². The highest BCUT2D eigenvalue weighted by Crippen LogP contribution is 2.32. The first kappa shape index (κ1) is 13.9. The van der Waals surface area contributed by atoms with Gasteiger partial charge in [0, 0.05) is 18.1 Å². The number of nitrogens with zero attached hydrogens (tertiary/aromatic N) is 1. The van der Waals surface area contributed by atoms with E-state index < -0.39 is 5.97 Å². The smallest absolute Gasteiger partial charge is 0.341 e. The number of ether oxygens (including phenoxy) is 2. The van der Waals surface area contributed by atoms with E-state index in [1.165, 1.54) is 14.2 Å². The number of methoxy groups -OCH3 is 2. The molecular formula is C14H15NO5. The molecule has 0 unspecified atom stereocenters. The lowest BCUT2D eigenvalue weighted by atomic mass is 10.0. The molecule has 6 heteroatoms. The minimum atomic E-state index is -1.07. The highest BCUT2D eigenvalue weighted by Gasteiger charge is 2.23. The van der Waals surface area contributed by atoms with E-state index in [0.717, 1.165) is 0 Å². The maximum absolute atomic E-state index is 11.4. The zero-order valence-electron chi connectivity index (χ0n) is 11.5. The van der Waals surface area contributed by atoms with Gasteiger partial charge in [-0.15, -0.1) is 0 Å². The molecule has 1 aromatic heterocycles. The van der Waals surface area contributed by atoms with Gasteiger partial charge in [-0.3, -0.25) is 0 Å². The van der Waals surface area contributed by atoms with Crippen LogP contribution in [-0.4, -0.2) is 30.5 Å². The maximum Gasteiger partial charge on any atom is 0.341 e. The first-order chi connectivity index (χ1) is 9.60. The van der Waals surface area contributed by atoms with E-state index in [9.17, 15) is 9.90 Å². The quantitative estimate of drug-likeness (QED) is 0.904. The zero-order valence-corrected chi connectivity index (χ0v) is 11.5. The summed E-state index contributed by atoms with van der Waals surface area (Å²) in [5, 5.41) is 13.2. The molecule has 0 saturated heterocycles. The Balaban J connectivity index is 2.61. The fraction of sp³-hybridized carbons (Fsp3) is 0.286. The summed E-state index contributed by atoms with van der Waals surface area (Å²) in [5.74, 6) is 0.377. The molecule has 20 heavy (non-hydrogen) atoms. The van der Waals surface area contributed by atoms with Gasteiger partial charge >= 0.3 is 5.97 Å². The Hall–Kier alpha value is -2.50. The minimum absolute atomic E-state index is 0.0720. The number of carboxylic acid groups (broad SMARTS) is 1.